The van der Waals surface area contributed by atoms with Crippen molar-refractivity contribution in [3.63, 3.8) is 0 Å². The van der Waals surface area contributed by atoms with Gasteiger partial charge in [0.2, 0.25) is 5.12 Å². The molecule has 0 saturated heterocycles. The summed E-state index contributed by atoms with van der Waals surface area (Å²) in [6.07, 6.45) is 1.97. The van der Waals surface area contributed by atoms with Crippen molar-refractivity contribution < 1.29 is 4.79 Å². The summed E-state index contributed by atoms with van der Waals surface area (Å²) in [5, 5.41) is 2.30. The molecule has 0 radical (unpaired) electrons. The second-order valence-electron chi connectivity index (χ2n) is 4.51. The predicted octanol–water partition coefficient (Wildman–Crippen LogP) is 4.35. The summed E-state index contributed by atoms with van der Waals surface area (Å²) in [6.45, 7) is 3.90. The summed E-state index contributed by atoms with van der Waals surface area (Å²) in [6, 6.07) is 14.6. The summed E-state index contributed by atoms with van der Waals surface area (Å²) in [5.41, 5.74) is 1.93. The van der Waals surface area contributed by atoms with Crippen LogP contribution in [0.2, 0.25) is 0 Å². The van der Waals surface area contributed by atoms with E-state index in [1.807, 2.05) is 18.2 Å². The third-order valence-corrected chi connectivity index (χ3v) is 3.50. The van der Waals surface area contributed by atoms with Crippen LogP contribution in [-0.2, 0) is 4.79 Å². The number of carbonyl (C=O) groups excluding carboxylic acids is 1. The van der Waals surface area contributed by atoms with Gasteiger partial charge in [0.1, 0.15) is 0 Å². The summed E-state index contributed by atoms with van der Waals surface area (Å²) in [7, 11) is 0. The first kappa shape index (κ1) is 12.9. The molecular weight excluding hydrogens is 240 g/mol. The van der Waals surface area contributed by atoms with Crippen LogP contribution in [-0.4, -0.2) is 5.12 Å². The van der Waals surface area contributed by atoms with Gasteiger partial charge in [0.05, 0.1) is 0 Å². The molecule has 1 atom stereocenters. The Balaban J connectivity index is 2.48. The number of hydrogen-bond donors (Lipinski definition) is 1. The van der Waals surface area contributed by atoms with Gasteiger partial charge < -0.3 is 0 Å². The normalized spacial score (nSPS) is 13.6. The number of carbonyl (C=O) groups is 1. The van der Waals surface area contributed by atoms with E-state index in [2.05, 4.69) is 49.9 Å². The van der Waals surface area contributed by atoms with E-state index in [9.17, 15) is 4.79 Å². The Kier molecular flexibility index (Phi) is 3.87. The van der Waals surface area contributed by atoms with Gasteiger partial charge in [0.15, 0.2) is 0 Å². The van der Waals surface area contributed by atoms with Crippen LogP contribution >= 0.6 is 12.6 Å². The second-order valence-corrected chi connectivity index (χ2v) is 4.92. The Morgan fingerprint density at radius 1 is 1.17 bits per heavy atom. The van der Waals surface area contributed by atoms with Gasteiger partial charge in [0, 0.05) is 5.92 Å². The van der Waals surface area contributed by atoms with E-state index in [0.29, 0.717) is 5.57 Å². The monoisotopic (exact) mass is 256 g/mol. The van der Waals surface area contributed by atoms with E-state index in [0.717, 1.165) is 0 Å². The summed E-state index contributed by atoms with van der Waals surface area (Å²) < 4.78 is 0. The Morgan fingerprint density at radius 3 is 2.56 bits per heavy atom. The van der Waals surface area contributed by atoms with E-state index >= 15 is 0 Å². The standard InChI is InChI=1S/C16H16OS/c1-11(10-12(2)16(17)18)14-9-5-7-13-6-3-4-8-15(13)14/h3-11H,1-2H3,(H,17,18)/b12-10+/t11-/m0/s1. The van der Waals surface area contributed by atoms with Gasteiger partial charge in [-0.05, 0) is 28.8 Å². The summed E-state index contributed by atoms with van der Waals surface area (Å²) in [5.74, 6) is 0.201. The molecule has 2 heteroatoms. The first-order valence-electron chi connectivity index (χ1n) is 5.99. The zero-order chi connectivity index (χ0) is 13.1. The maximum atomic E-state index is 11.2. The van der Waals surface area contributed by atoms with Crippen molar-refractivity contribution in [2.45, 2.75) is 19.8 Å². The molecule has 0 aliphatic rings. The molecule has 18 heavy (non-hydrogen) atoms. The number of benzene rings is 2. The highest BCUT2D eigenvalue weighted by molar-refractivity contribution is 7.97. The van der Waals surface area contributed by atoms with Gasteiger partial charge in [-0.3, -0.25) is 4.79 Å². The van der Waals surface area contributed by atoms with Crippen LogP contribution in [0, 0.1) is 0 Å². The van der Waals surface area contributed by atoms with Crippen molar-refractivity contribution in [3.8, 4) is 0 Å². The third kappa shape index (κ3) is 2.65. The summed E-state index contributed by atoms with van der Waals surface area (Å²) in [4.78, 5) is 11.2. The number of allylic oxidation sites excluding steroid dienone is 1. The lowest BCUT2D eigenvalue weighted by Crippen LogP contribution is -1.95. The SMILES string of the molecule is C/C(=C\[C@H](C)c1cccc2ccccc12)C(=O)S. The van der Waals surface area contributed by atoms with Gasteiger partial charge >= 0.3 is 0 Å². The zero-order valence-electron chi connectivity index (χ0n) is 10.6. The van der Waals surface area contributed by atoms with E-state index < -0.39 is 0 Å². The molecule has 2 aromatic carbocycles. The molecule has 0 aliphatic carbocycles. The van der Waals surface area contributed by atoms with Gasteiger partial charge in [-0.15, -0.1) is 12.6 Å². The van der Waals surface area contributed by atoms with E-state index in [1.165, 1.54) is 16.3 Å². The lowest BCUT2D eigenvalue weighted by Gasteiger charge is -2.11. The van der Waals surface area contributed by atoms with Crippen LogP contribution < -0.4 is 0 Å². The van der Waals surface area contributed by atoms with Crippen LogP contribution in [0.15, 0.2) is 54.1 Å². The molecule has 0 aliphatic heterocycles. The first-order chi connectivity index (χ1) is 8.59. The van der Waals surface area contributed by atoms with Crippen molar-refractivity contribution in [2.24, 2.45) is 0 Å². The van der Waals surface area contributed by atoms with Crippen LogP contribution in [0.1, 0.15) is 25.3 Å². The Labute approximate surface area is 113 Å². The molecule has 2 rings (SSSR count). The van der Waals surface area contributed by atoms with E-state index in [-0.39, 0.29) is 11.0 Å². The predicted molar refractivity (Wildman–Crippen MR) is 80.1 cm³/mol. The molecule has 0 aromatic heterocycles. The minimum absolute atomic E-state index is 0.165. The molecule has 92 valence electrons. The number of hydrogen-bond acceptors (Lipinski definition) is 1. The molecule has 2 aromatic rings. The zero-order valence-corrected chi connectivity index (χ0v) is 11.4. The lowest BCUT2D eigenvalue weighted by atomic mass is 9.93. The Hall–Kier alpha value is -1.54. The van der Waals surface area contributed by atoms with E-state index in [4.69, 9.17) is 0 Å². The fraction of sp³-hybridized carbons (Fsp3) is 0.188. The fourth-order valence-electron chi connectivity index (χ4n) is 2.18. The molecule has 1 nitrogen and oxygen atoms in total. The van der Waals surface area contributed by atoms with E-state index in [1.54, 1.807) is 6.92 Å². The van der Waals surface area contributed by atoms with Crippen molar-refractivity contribution in [3.05, 3.63) is 59.7 Å². The van der Waals surface area contributed by atoms with Crippen LogP contribution in [0.4, 0.5) is 0 Å². The van der Waals surface area contributed by atoms with Gasteiger partial charge in [0.25, 0.3) is 0 Å². The molecule has 0 fully saturated rings. The lowest BCUT2D eigenvalue weighted by molar-refractivity contribution is -0.107. The molecular formula is C16H16OS. The van der Waals surface area contributed by atoms with Crippen LogP contribution in [0.3, 0.4) is 0 Å². The molecule has 0 bridgehead atoms. The number of fused-ring (bicyclic) bond motifs is 1. The smallest absolute Gasteiger partial charge is 0.211 e. The van der Waals surface area contributed by atoms with Gasteiger partial charge in [-0.1, -0.05) is 55.5 Å². The minimum atomic E-state index is -0.165. The van der Waals surface area contributed by atoms with Crippen molar-refractivity contribution in [1.29, 1.82) is 0 Å². The molecule has 0 amide bonds. The Morgan fingerprint density at radius 2 is 1.83 bits per heavy atom. The maximum Gasteiger partial charge on any atom is 0.211 e. The number of rotatable bonds is 3. The van der Waals surface area contributed by atoms with Crippen LogP contribution in [0.5, 0.6) is 0 Å². The van der Waals surface area contributed by atoms with Crippen molar-refractivity contribution in [2.75, 3.05) is 0 Å². The molecule has 0 saturated carbocycles. The van der Waals surface area contributed by atoms with Crippen molar-refractivity contribution >= 4 is 28.5 Å². The Bertz CT molecular complexity index is 608. The van der Waals surface area contributed by atoms with Gasteiger partial charge in [-0.2, -0.15) is 0 Å². The topological polar surface area (TPSA) is 17.1 Å². The highest BCUT2D eigenvalue weighted by Gasteiger charge is 2.08. The van der Waals surface area contributed by atoms with Crippen LogP contribution in [0.25, 0.3) is 10.8 Å². The van der Waals surface area contributed by atoms with Crippen molar-refractivity contribution in [1.82, 2.24) is 0 Å². The molecule has 0 unspecified atom stereocenters. The maximum absolute atomic E-state index is 11.2. The third-order valence-electron chi connectivity index (χ3n) is 3.15. The largest absolute Gasteiger partial charge is 0.282 e. The first-order valence-corrected chi connectivity index (χ1v) is 6.43. The van der Waals surface area contributed by atoms with Gasteiger partial charge in [-0.25, -0.2) is 0 Å². The molecule has 0 heterocycles. The molecule has 0 spiro atoms. The average Bonchev–Trinajstić information content (AvgIpc) is 2.37. The summed E-state index contributed by atoms with van der Waals surface area (Å²) >= 11 is 3.85. The minimum Gasteiger partial charge on any atom is -0.282 e. The molecule has 0 N–H and O–H groups in total. The highest BCUT2D eigenvalue weighted by Crippen LogP contribution is 2.27. The quantitative estimate of drug-likeness (QED) is 0.638. The second kappa shape index (κ2) is 5.40. The fourth-order valence-corrected chi connectivity index (χ4v) is 2.26. The highest BCUT2D eigenvalue weighted by atomic mass is 32.1. The average molecular weight is 256 g/mol. The number of thiol groups is 1.